The van der Waals surface area contributed by atoms with Gasteiger partial charge < -0.3 is 9.73 Å². The first-order valence-electron chi connectivity index (χ1n) is 8.00. The van der Waals surface area contributed by atoms with Gasteiger partial charge in [0.05, 0.1) is 23.0 Å². The molecule has 10 heteroatoms. The summed E-state index contributed by atoms with van der Waals surface area (Å²) in [6.45, 7) is 0.138. The van der Waals surface area contributed by atoms with Crippen LogP contribution in [0.25, 0.3) is 6.08 Å². The van der Waals surface area contributed by atoms with Crippen molar-refractivity contribution in [1.29, 1.82) is 0 Å². The highest BCUT2D eigenvalue weighted by atomic mass is 32.2. The summed E-state index contributed by atoms with van der Waals surface area (Å²) in [5.74, 6) is -0.0611. The van der Waals surface area contributed by atoms with E-state index in [1.807, 2.05) is 0 Å². The second-order valence-corrected chi connectivity index (χ2v) is 9.42. The van der Waals surface area contributed by atoms with Crippen molar-refractivity contribution in [3.63, 3.8) is 0 Å². The fourth-order valence-electron chi connectivity index (χ4n) is 2.48. The van der Waals surface area contributed by atoms with E-state index in [2.05, 4.69) is 5.32 Å². The van der Waals surface area contributed by atoms with Crippen LogP contribution in [0.2, 0.25) is 0 Å². The zero-order valence-corrected chi connectivity index (χ0v) is 16.5. The molecule has 1 atom stereocenters. The molecular weight excluding hydrogens is 408 g/mol. The summed E-state index contributed by atoms with van der Waals surface area (Å²) >= 11 is 6.38. The molecule has 2 amide bonds. The van der Waals surface area contributed by atoms with Crippen LogP contribution in [0.5, 0.6) is 0 Å². The van der Waals surface area contributed by atoms with Crippen LogP contribution in [0.4, 0.5) is 0 Å². The van der Waals surface area contributed by atoms with Crippen molar-refractivity contribution in [2.45, 2.75) is 12.5 Å². The molecule has 1 aromatic rings. The minimum absolute atomic E-state index is 0.0341. The SMILES string of the molecule is O=C(CCN1C(=O)/C(=C/C=C\c2ccco2)SC1=S)N[C@@H]1C=CS(=O)(=O)C1. The Labute approximate surface area is 166 Å². The molecule has 0 spiro atoms. The lowest BCUT2D eigenvalue weighted by molar-refractivity contribution is -0.124. The summed E-state index contributed by atoms with van der Waals surface area (Å²) in [6.07, 6.45) is 8.11. The van der Waals surface area contributed by atoms with Gasteiger partial charge in [0.2, 0.25) is 5.91 Å². The molecule has 0 aromatic carbocycles. The lowest BCUT2D eigenvalue weighted by Crippen LogP contribution is -2.38. The number of thiocarbonyl (C=S) groups is 1. The van der Waals surface area contributed by atoms with Crippen molar-refractivity contribution in [3.05, 3.63) is 52.7 Å². The maximum Gasteiger partial charge on any atom is 0.266 e. The number of carbonyl (C=O) groups is 2. The van der Waals surface area contributed by atoms with Crippen LogP contribution in [-0.4, -0.2) is 47.8 Å². The Morgan fingerprint density at radius 1 is 1.48 bits per heavy atom. The molecule has 0 unspecified atom stereocenters. The maximum atomic E-state index is 12.4. The highest BCUT2D eigenvalue weighted by molar-refractivity contribution is 8.26. The zero-order valence-electron chi connectivity index (χ0n) is 14.0. The number of hydrogen-bond donors (Lipinski definition) is 1. The first kappa shape index (κ1) is 19.6. The second kappa shape index (κ2) is 8.24. The molecule has 3 heterocycles. The minimum Gasteiger partial charge on any atom is -0.465 e. The highest BCUT2D eigenvalue weighted by Crippen LogP contribution is 2.31. The van der Waals surface area contributed by atoms with Gasteiger partial charge in [-0.3, -0.25) is 14.5 Å². The van der Waals surface area contributed by atoms with Crippen molar-refractivity contribution in [2.24, 2.45) is 0 Å². The van der Waals surface area contributed by atoms with E-state index in [0.29, 0.717) is 15.0 Å². The standard InChI is InChI=1S/C17H16N2O5S3/c20-15(18-12-7-10-27(22,23)11-12)6-8-19-16(21)14(26-17(19)25)5-1-3-13-4-2-9-24-13/h1-5,7,9-10,12H,6,8,11H2,(H,18,20)/b3-1-,14-5-/t12-/m1/s1. The minimum atomic E-state index is -3.23. The molecule has 0 radical (unpaired) electrons. The summed E-state index contributed by atoms with van der Waals surface area (Å²) in [5.41, 5.74) is 0. The van der Waals surface area contributed by atoms with E-state index in [9.17, 15) is 18.0 Å². The van der Waals surface area contributed by atoms with Crippen LogP contribution in [-0.2, 0) is 19.4 Å². The number of amides is 2. The quantitative estimate of drug-likeness (QED) is 0.550. The molecule has 1 saturated heterocycles. The lowest BCUT2D eigenvalue weighted by atomic mass is 10.3. The molecule has 27 heavy (non-hydrogen) atoms. The molecule has 7 nitrogen and oxygen atoms in total. The molecule has 1 N–H and O–H groups in total. The molecule has 1 fully saturated rings. The summed E-state index contributed by atoms with van der Waals surface area (Å²) in [6, 6.07) is 3.03. The number of carbonyl (C=O) groups excluding carboxylic acids is 2. The number of allylic oxidation sites excluding steroid dienone is 2. The Bertz CT molecular complexity index is 945. The van der Waals surface area contributed by atoms with Gasteiger partial charge in [0.15, 0.2) is 9.84 Å². The Hall–Kier alpha value is -2.17. The van der Waals surface area contributed by atoms with Crippen LogP contribution < -0.4 is 5.32 Å². The van der Waals surface area contributed by atoms with E-state index in [4.69, 9.17) is 16.6 Å². The van der Waals surface area contributed by atoms with Crippen LogP contribution >= 0.6 is 24.0 Å². The largest absolute Gasteiger partial charge is 0.465 e. The van der Waals surface area contributed by atoms with Gasteiger partial charge in [-0.05, 0) is 30.4 Å². The molecule has 1 aromatic heterocycles. The molecular formula is C17H16N2O5S3. The van der Waals surface area contributed by atoms with E-state index in [-0.39, 0.29) is 30.5 Å². The topological polar surface area (TPSA) is 96.7 Å². The van der Waals surface area contributed by atoms with E-state index >= 15 is 0 Å². The van der Waals surface area contributed by atoms with Crippen LogP contribution in [0.15, 0.2) is 51.4 Å². The number of nitrogens with zero attached hydrogens (tertiary/aromatic N) is 1. The number of sulfone groups is 1. The molecule has 0 saturated carbocycles. The Balaban J connectivity index is 1.51. The third kappa shape index (κ3) is 5.18. The third-order valence-corrected chi connectivity index (χ3v) is 6.56. The molecule has 0 bridgehead atoms. The van der Waals surface area contributed by atoms with Gasteiger partial charge >= 0.3 is 0 Å². The van der Waals surface area contributed by atoms with Gasteiger partial charge in [-0.15, -0.1) is 0 Å². The second-order valence-electron chi connectivity index (χ2n) is 5.81. The monoisotopic (exact) mass is 424 g/mol. The van der Waals surface area contributed by atoms with Crippen molar-refractivity contribution < 1.29 is 22.4 Å². The Morgan fingerprint density at radius 2 is 2.30 bits per heavy atom. The van der Waals surface area contributed by atoms with Gasteiger partial charge in [0.25, 0.3) is 5.91 Å². The number of hydrogen-bond acceptors (Lipinski definition) is 7. The van der Waals surface area contributed by atoms with Crippen molar-refractivity contribution in [2.75, 3.05) is 12.3 Å². The van der Waals surface area contributed by atoms with Gasteiger partial charge in [-0.25, -0.2) is 8.42 Å². The lowest BCUT2D eigenvalue weighted by Gasteiger charge is -2.15. The van der Waals surface area contributed by atoms with Crippen LogP contribution in [0.3, 0.4) is 0 Å². The molecule has 2 aliphatic heterocycles. The van der Waals surface area contributed by atoms with Crippen molar-refractivity contribution in [3.8, 4) is 0 Å². The normalized spacial score (nSPS) is 23.0. The first-order valence-corrected chi connectivity index (χ1v) is 10.9. The van der Waals surface area contributed by atoms with Crippen LogP contribution in [0, 0.1) is 0 Å². The van der Waals surface area contributed by atoms with E-state index in [1.54, 1.807) is 36.6 Å². The Morgan fingerprint density at radius 3 is 2.96 bits per heavy atom. The predicted molar refractivity (Wildman–Crippen MR) is 107 cm³/mol. The van der Waals surface area contributed by atoms with E-state index < -0.39 is 15.9 Å². The predicted octanol–water partition coefficient (Wildman–Crippen LogP) is 1.85. The fraction of sp³-hybridized carbons (Fsp3) is 0.235. The Kier molecular flexibility index (Phi) is 5.98. The average molecular weight is 425 g/mol. The zero-order chi connectivity index (χ0) is 19.4. The van der Waals surface area contributed by atoms with Crippen LogP contribution in [0.1, 0.15) is 12.2 Å². The van der Waals surface area contributed by atoms with E-state index in [0.717, 1.165) is 5.41 Å². The third-order valence-electron chi connectivity index (χ3n) is 3.76. The summed E-state index contributed by atoms with van der Waals surface area (Å²) in [5, 5.41) is 3.72. The maximum absolute atomic E-state index is 12.4. The van der Waals surface area contributed by atoms with E-state index in [1.165, 1.54) is 22.7 Å². The van der Waals surface area contributed by atoms with Gasteiger partial charge in [0.1, 0.15) is 10.1 Å². The van der Waals surface area contributed by atoms with Crippen molar-refractivity contribution >= 4 is 56.0 Å². The highest BCUT2D eigenvalue weighted by Gasteiger charge is 2.32. The summed E-state index contributed by atoms with van der Waals surface area (Å²) in [7, 11) is -3.23. The average Bonchev–Trinajstić information content (AvgIpc) is 3.28. The number of furan rings is 1. The smallest absolute Gasteiger partial charge is 0.266 e. The molecule has 2 aliphatic rings. The summed E-state index contributed by atoms with van der Waals surface area (Å²) < 4.78 is 28.2. The summed E-state index contributed by atoms with van der Waals surface area (Å²) in [4.78, 5) is 26.3. The van der Waals surface area contributed by atoms with Crippen molar-refractivity contribution in [1.82, 2.24) is 10.2 Å². The van der Waals surface area contributed by atoms with Gasteiger partial charge in [-0.2, -0.15) is 0 Å². The fourth-order valence-corrected chi connectivity index (χ4v) is 4.98. The number of rotatable bonds is 6. The molecule has 142 valence electrons. The first-order chi connectivity index (χ1) is 12.8. The van der Waals surface area contributed by atoms with Gasteiger partial charge in [-0.1, -0.05) is 30.1 Å². The number of thioether (sulfide) groups is 1. The molecule has 3 rings (SSSR count). The van der Waals surface area contributed by atoms with Gasteiger partial charge in [0, 0.05) is 18.4 Å². The number of nitrogens with one attached hydrogen (secondary N) is 1. The molecule has 0 aliphatic carbocycles.